The number of aryl methyl sites for hydroxylation is 1. The molecule has 1 rings (SSSR count). The van der Waals surface area contributed by atoms with E-state index in [1.165, 1.54) is 6.07 Å². The molecule has 2 atom stereocenters. The quantitative estimate of drug-likeness (QED) is 0.0648. The van der Waals surface area contributed by atoms with Gasteiger partial charge in [-0.05, 0) is 44.1 Å². The molecule has 0 saturated carbocycles. The van der Waals surface area contributed by atoms with Crippen molar-refractivity contribution >= 4 is 23.5 Å². The third-order valence-corrected chi connectivity index (χ3v) is 6.42. The number of ketones is 2. The molecule has 0 aliphatic heterocycles. The van der Waals surface area contributed by atoms with E-state index in [4.69, 9.17) is 18.9 Å². The second-order valence-corrected chi connectivity index (χ2v) is 9.92. The summed E-state index contributed by atoms with van der Waals surface area (Å²) < 4.78 is 22.2. The van der Waals surface area contributed by atoms with Gasteiger partial charge in [0.25, 0.3) is 0 Å². The largest absolute Gasteiger partial charge is 0.463 e. The van der Waals surface area contributed by atoms with Crippen LogP contribution < -0.4 is 0 Å². The van der Waals surface area contributed by atoms with Crippen molar-refractivity contribution in [1.82, 2.24) is 0 Å². The molecular weight excluding hydrogens is 512 g/mol. The second-order valence-electron chi connectivity index (χ2n) is 9.92. The van der Waals surface area contributed by atoms with Crippen LogP contribution in [0.4, 0.5) is 0 Å². The summed E-state index contributed by atoms with van der Waals surface area (Å²) in [6, 6.07) is 4.97. The first-order valence-electron chi connectivity index (χ1n) is 15.1. The zero-order valence-electron chi connectivity index (χ0n) is 25.3. The van der Waals surface area contributed by atoms with E-state index in [-0.39, 0.29) is 37.6 Å². The molecule has 0 aliphatic rings. The molecule has 0 fully saturated rings. The number of Topliss-reactive ketones (excluding diaryl/α,β-unsaturated/α-hetero) is 2. The Labute approximate surface area is 240 Å². The maximum atomic E-state index is 14.1. The van der Waals surface area contributed by atoms with Crippen LogP contribution in [0, 0.1) is 0 Å². The van der Waals surface area contributed by atoms with Gasteiger partial charge in [0.1, 0.15) is 0 Å². The molecule has 0 amide bonds. The zero-order valence-corrected chi connectivity index (χ0v) is 25.3. The smallest absolute Gasteiger partial charge is 0.343 e. The first-order chi connectivity index (χ1) is 19.4. The molecule has 0 N–H and O–H groups in total. The van der Waals surface area contributed by atoms with Crippen LogP contribution in [0.5, 0.6) is 0 Å². The fourth-order valence-electron chi connectivity index (χ4n) is 3.92. The molecule has 2 unspecified atom stereocenters. The highest BCUT2D eigenvalue weighted by Crippen LogP contribution is 2.24. The fourth-order valence-corrected chi connectivity index (χ4v) is 3.92. The Morgan fingerprint density at radius 2 is 1.05 bits per heavy atom. The van der Waals surface area contributed by atoms with E-state index >= 15 is 0 Å². The Hall–Kier alpha value is -2.58. The average molecular weight is 563 g/mol. The highest BCUT2D eigenvalue weighted by atomic mass is 16.6. The lowest BCUT2D eigenvalue weighted by atomic mass is 9.88. The van der Waals surface area contributed by atoms with Crippen LogP contribution in [0.25, 0.3) is 0 Å². The van der Waals surface area contributed by atoms with Crippen LogP contribution in [0.2, 0.25) is 0 Å². The summed E-state index contributed by atoms with van der Waals surface area (Å²) in [4.78, 5) is 54.0. The van der Waals surface area contributed by atoms with E-state index in [0.29, 0.717) is 37.7 Å². The van der Waals surface area contributed by atoms with Gasteiger partial charge in [-0.1, -0.05) is 84.9 Å². The van der Waals surface area contributed by atoms with Crippen LogP contribution in [0.1, 0.15) is 125 Å². The van der Waals surface area contributed by atoms with Gasteiger partial charge >= 0.3 is 11.9 Å². The number of ether oxygens (including phenoxy) is 4. The van der Waals surface area contributed by atoms with Crippen molar-refractivity contribution in [1.29, 1.82) is 0 Å². The minimum absolute atomic E-state index is 0.0259. The highest BCUT2D eigenvalue weighted by molar-refractivity contribution is 6.20. The van der Waals surface area contributed by atoms with Crippen LogP contribution in [-0.2, 0) is 35.0 Å². The Kier molecular flexibility index (Phi) is 18.8. The molecule has 0 heterocycles. The molecule has 0 radical (unpaired) electrons. The van der Waals surface area contributed by atoms with Gasteiger partial charge < -0.3 is 18.9 Å². The zero-order chi connectivity index (χ0) is 29.8. The van der Waals surface area contributed by atoms with Gasteiger partial charge in [0.2, 0.25) is 23.8 Å². The lowest BCUT2D eigenvalue weighted by Gasteiger charge is -2.22. The van der Waals surface area contributed by atoms with Crippen molar-refractivity contribution in [2.45, 2.75) is 117 Å². The van der Waals surface area contributed by atoms with E-state index in [1.807, 2.05) is 34.6 Å². The SMILES string of the molecule is CCCCOC(=O)C(OCCCC)C(=O)c1cccc(CCCC)c1C(=O)C(OCCCC)C(=O)OCCCC. The predicted molar refractivity (Wildman–Crippen MR) is 155 cm³/mol. The number of benzene rings is 1. The van der Waals surface area contributed by atoms with Crippen molar-refractivity contribution in [3.05, 3.63) is 34.9 Å². The van der Waals surface area contributed by atoms with Gasteiger partial charge in [0, 0.05) is 24.3 Å². The van der Waals surface area contributed by atoms with E-state index in [2.05, 4.69) is 0 Å². The van der Waals surface area contributed by atoms with E-state index in [0.717, 1.165) is 38.5 Å². The predicted octanol–water partition coefficient (Wildman–Crippen LogP) is 6.45. The summed E-state index contributed by atoms with van der Waals surface area (Å²) >= 11 is 0. The molecule has 8 heteroatoms. The molecule has 40 heavy (non-hydrogen) atoms. The van der Waals surface area contributed by atoms with Gasteiger partial charge in [0.05, 0.1) is 13.2 Å². The Balaban J connectivity index is 3.54. The van der Waals surface area contributed by atoms with Gasteiger partial charge in [-0.2, -0.15) is 0 Å². The molecule has 0 saturated heterocycles. The highest BCUT2D eigenvalue weighted by Gasteiger charge is 2.37. The number of hydrogen-bond acceptors (Lipinski definition) is 8. The normalized spacial score (nSPS) is 12.5. The molecule has 1 aromatic rings. The summed E-state index contributed by atoms with van der Waals surface area (Å²) in [5.74, 6) is -2.85. The number of carbonyl (C=O) groups is 4. The molecule has 0 spiro atoms. The summed E-state index contributed by atoms with van der Waals surface area (Å²) in [6.45, 7) is 10.7. The lowest BCUT2D eigenvalue weighted by Crippen LogP contribution is -2.39. The topological polar surface area (TPSA) is 105 Å². The van der Waals surface area contributed by atoms with Crippen LogP contribution in [-0.4, -0.2) is 62.1 Å². The molecule has 0 aromatic heterocycles. The van der Waals surface area contributed by atoms with E-state index < -0.39 is 35.7 Å². The van der Waals surface area contributed by atoms with Crippen molar-refractivity contribution in [2.75, 3.05) is 26.4 Å². The number of unbranched alkanes of at least 4 members (excludes halogenated alkanes) is 5. The average Bonchev–Trinajstić information content (AvgIpc) is 2.95. The summed E-state index contributed by atoms with van der Waals surface area (Å²) in [5, 5.41) is 0. The van der Waals surface area contributed by atoms with Gasteiger partial charge in [-0.25, -0.2) is 9.59 Å². The molecule has 0 aliphatic carbocycles. The standard InChI is InChI=1S/C32H50O8/c1-6-11-17-24-18-16-19-25(27(33)29(37-20-12-7-2)31(35)39-22-14-9-4)26(24)28(34)30(38-21-13-8-3)32(36)40-23-15-10-5/h16,18-19,29-30H,6-15,17,20-23H2,1-5H3. The minimum atomic E-state index is -1.51. The molecular formula is C32H50O8. The van der Waals surface area contributed by atoms with Crippen molar-refractivity contribution in [3.8, 4) is 0 Å². The van der Waals surface area contributed by atoms with Crippen molar-refractivity contribution < 1.29 is 38.1 Å². The first-order valence-corrected chi connectivity index (χ1v) is 15.1. The summed E-state index contributed by atoms with van der Waals surface area (Å²) in [5.41, 5.74) is 0.730. The summed E-state index contributed by atoms with van der Waals surface area (Å²) in [6.07, 6.45) is 5.08. The molecule has 0 bridgehead atoms. The lowest BCUT2D eigenvalue weighted by molar-refractivity contribution is -0.155. The summed E-state index contributed by atoms with van der Waals surface area (Å²) in [7, 11) is 0. The van der Waals surface area contributed by atoms with Crippen LogP contribution in [0.3, 0.4) is 0 Å². The minimum Gasteiger partial charge on any atom is -0.463 e. The number of esters is 2. The number of hydrogen-bond donors (Lipinski definition) is 0. The van der Waals surface area contributed by atoms with E-state index in [9.17, 15) is 19.2 Å². The number of carbonyl (C=O) groups excluding carboxylic acids is 4. The Bertz CT molecular complexity index is 910. The molecule has 226 valence electrons. The molecule has 8 nitrogen and oxygen atoms in total. The third kappa shape index (κ3) is 11.9. The maximum absolute atomic E-state index is 14.1. The monoisotopic (exact) mass is 562 g/mol. The Morgan fingerprint density at radius 1 is 0.600 bits per heavy atom. The van der Waals surface area contributed by atoms with Crippen molar-refractivity contribution in [2.24, 2.45) is 0 Å². The molecule has 1 aromatic carbocycles. The third-order valence-electron chi connectivity index (χ3n) is 6.42. The van der Waals surface area contributed by atoms with E-state index in [1.54, 1.807) is 12.1 Å². The maximum Gasteiger partial charge on any atom is 0.343 e. The second kappa shape index (κ2) is 21.2. The first kappa shape index (κ1) is 35.4. The number of rotatable bonds is 23. The van der Waals surface area contributed by atoms with Crippen LogP contribution >= 0.6 is 0 Å². The Morgan fingerprint density at radius 3 is 1.52 bits per heavy atom. The van der Waals surface area contributed by atoms with Gasteiger partial charge in [0.15, 0.2) is 0 Å². The van der Waals surface area contributed by atoms with Gasteiger partial charge in [-0.15, -0.1) is 0 Å². The van der Waals surface area contributed by atoms with Crippen LogP contribution in [0.15, 0.2) is 18.2 Å². The fraction of sp³-hybridized carbons (Fsp3) is 0.688. The van der Waals surface area contributed by atoms with Crippen molar-refractivity contribution in [3.63, 3.8) is 0 Å². The van der Waals surface area contributed by atoms with Gasteiger partial charge in [-0.3, -0.25) is 9.59 Å².